The Kier molecular flexibility index (Phi) is 7.56. The summed E-state index contributed by atoms with van der Waals surface area (Å²) < 4.78 is 0. The zero-order valence-corrected chi connectivity index (χ0v) is 28.9. The fourth-order valence-corrected chi connectivity index (χ4v) is 11.8. The third-order valence-electron chi connectivity index (χ3n) is 14.4. The van der Waals surface area contributed by atoms with Crippen molar-refractivity contribution < 1.29 is 15.0 Å². The predicted octanol–water partition coefficient (Wildman–Crippen LogP) is 8.30. The smallest absolute Gasteiger partial charge is 0.190 e. The summed E-state index contributed by atoms with van der Waals surface area (Å²) in [6.07, 6.45) is 13.8. The highest BCUT2D eigenvalue weighted by Crippen LogP contribution is 2.78. The second-order valence-electron chi connectivity index (χ2n) is 16.5. The normalized spacial score (nSPS) is 37.9. The van der Waals surface area contributed by atoms with Crippen LogP contribution in [-0.4, -0.2) is 52.7 Å². The zero-order valence-electron chi connectivity index (χ0n) is 28.9. The first kappa shape index (κ1) is 31.9. The fraction of sp³-hybridized carbons (Fsp3) is 0.477. The molecular formula is C44H51NO3. The summed E-state index contributed by atoms with van der Waals surface area (Å²) in [4.78, 5) is 17.6. The average Bonchev–Trinajstić information content (AvgIpc) is 3.37. The number of aliphatic hydroxyl groups is 2. The predicted molar refractivity (Wildman–Crippen MR) is 192 cm³/mol. The molecule has 0 heterocycles. The number of Topliss-reactive ketones (excluding diaryl/α,β-unsaturated/α-hetero) is 1. The molecule has 2 N–H and O–H groups in total. The minimum Gasteiger partial charge on any atom is -0.393 e. The van der Waals surface area contributed by atoms with Crippen LogP contribution in [0.25, 0.3) is 11.1 Å². The van der Waals surface area contributed by atoms with Crippen LogP contribution in [0.5, 0.6) is 0 Å². The quantitative estimate of drug-likeness (QED) is 0.192. The van der Waals surface area contributed by atoms with Crippen molar-refractivity contribution in [2.24, 2.45) is 33.5 Å². The van der Waals surface area contributed by atoms with Gasteiger partial charge in [-0.15, -0.1) is 0 Å². The topological polar surface area (TPSA) is 60.8 Å². The summed E-state index contributed by atoms with van der Waals surface area (Å²) in [6, 6.07) is 29.0. The van der Waals surface area contributed by atoms with E-state index in [1.54, 1.807) is 0 Å². The Labute approximate surface area is 286 Å². The van der Waals surface area contributed by atoms with Crippen molar-refractivity contribution in [3.63, 3.8) is 0 Å². The van der Waals surface area contributed by atoms with Crippen LogP contribution in [0.15, 0.2) is 109 Å². The second-order valence-corrected chi connectivity index (χ2v) is 16.5. The number of benzene rings is 3. The molecule has 0 amide bonds. The number of likely N-dealkylation sites (N-methyl/N-ethyl adjacent to an activating group) is 1. The number of ketones is 1. The lowest BCUT2D eigenvalue weighted by Gasteiger charge is -2.71. The van der Waals surface area contributed by atoms with Gasteiger partial charge in [-0.3, -0.25) is 4.79 Å². The molecule has 2 spiro atoms. The maximum atomic E-state index is 15.3. The summed E-state index contributed by atoms with van der Waals surface area (Å²) >= 11 is 0. The molecule has 3 aromatic rings. The van der Waals surface area contributed by atoms with Crippen LogP contribution in [0.2, 0.25) is 0 Å². The molecule has 3 fully saturated rings. The number of aliphatic hydroxyl groups excluding tert-OH is 1. The minimum absolute atomic E-state index is 0.0434. The molecule has 0 radical (unpaired) electrons. The Morgan fingerprint density at radius 3 is 2.23 bits per heavy atom. The number of hydrogen-bond acceptors (Lipinski definition) is 4. The Balaban J connectivity index is 1.20. The van der Waals surface area contributed by atoms with Gasteiger partial charge in [-0.25, -0.2) is 0 Å². The first-order valence-electron chi connectivity index (χ1n) is 18.3. The van der Waals surface area contributed by atoms with Gasteiger partial charge in [0.15, 0.2) is 5.78 Å². The molecule has 3 saturated carbocycles. The van der Waals surface area contributed by atoms with Crippen molar-refractivity contribution in [1.82, 2.24) is 4.90 Å². The molecule has 3 aromatic carbocycles. The van der Waals surface area contributed by atoms with E-state index < -0.39 is 11.0 Å². The van der Waals surface area contributed by atoms with Crippen molar-refractivity contribution in [2.75, 3.05) is 20.1 Å². The van der Waals surface area contributed by atoms with Crippen LogP contribution in [0.4, 0.5) is 0 Å². The molecular weight excluding hydrogens is 590 g/mol. The van der Waals surface area contributed by atoms with Crippen molar-refractivity contribution in [3.8, 4) is 11.1 Å². The van der Waals surface area contributed by atoms with E-state index in [9.17, 15) is 10.2 Å². The average molecular weight is 642 g/mol. The van der Waals surface area contributed by atoms with E-state index in [-0.39, 0.29) is 40.0 Å². The molecule has 6 aliphatic rings. The molecule has 6 aliphatic carbocycles. The van der Waals surface area contributed by atoms with Gasteiger partial charge in [0.05, 0.1) is 11.7 Å². The number of nitrogens with zero attached hydrogens (tertiary/aromatic N) is 1. The van der Waals surface area contributed by atoms with Crippen LogP contribution < -0.4 is 0 Å². The van der Waals surface area contributed by atoms with E-state index >= 15 is 4.79 Å². The van der Waals surface area contributed by atoms with E-state index in [1.165, 1.54) is 5.56 Å². The van der Waals surface area contributed by atoms with Gasteiger partial charge in [-0.1, -0.05) is 117 Å². The van der Waals surface area contributed by atoms with E-state index in [0.717, 1.165) is 73.8 Å². The fourth-order valence-electron chi connectivity index (χ4n) is 11.8. The highest BCUT2D eigenvalue weighted by molar-refractivity contribution is 6.14. The molecule has 0 aliphatic heterocycles. The largest absolute Gasteiger partial charge is 0.393 e. The van der Waals surface area contributed by atoms with Crippen LogP contribution >= 0.6 is 0 Å². The van der Waals surface area contributed by atoms with E-state index in [4.69, 9.17) is 0 Å². The Hall–Kier alpha value is -3.31. The van der Waals surface area contributed by atoms with Crippen molar-refractivity contribution in [3.05, 3.63) is 120 Å². The number of hydrogen-bond donors (Lipinski definition) is 2. The van der Waals surface area contributed by atoms with Gasteiger partial charge in [-0.2, -0.15) is 0 Å². The standard InChI is InChI=1S/C44H51NO3/c1-40-22-18-33(46)28-42(40)25-26-44(36(29-42)39(47)35-17-11-10-16-34(35)32-14-8-5-9-15-32)37(40)19-23-41(2)38(44)20-24-43(41,48)30-45(3)27-21-31-12-6-4-7-13-31/h4-17,25-26,29,33,37-38,46,48H,18-24,27-28,30H2,1-3H3. The van der Waals surface area contributed by atoms with E-state index in [2.05, 4.69) is 92.6 Å². The molecule has 9 rings (SSSR count). The molecule has 8 unspecified atom stereocenters. The number of allylic oxidation sites excluding steroid dienone is 4. The molecule has 8 atom stereocenters. The van der Waals surface area contributed by atoms with Gasteiger partial charge in [0.2, 0.25) is 0 Å². The van der Waals surface area contributed by atoms with Crippen LogP contribution in [-0.2, 0) is 6.42 Å². The SMILES string of the molecule is CN(CCc1ccccc1)CC1(O)CCC2C34C=CC5(C=C3C(=O)c3ccccc3-c3ccccc3)CC(O)CCC5(C)C4CCC21C. The number of fused-ring (bicyclic) bond motifs is 1. The van der Waals surface area contributed by atoms with Gasteiger partial charge in [0.1, 0.15) is 0 Å². The lowest BCUT2D eigenvalue weighted by Crippen LogP contribution is -2.67. The monoisotopic (exact) mass is 641 g/mol. The van der Waals surface area contributed by atoms with Gasteiger partial charge in [-0.05, 0) is 92.4 Å². The van der Waals surface area contributed by atoms with Crippen molar-refractivity contribution in [2.45, 2.75) is 76.9 Å². The zero-order chi connectivity index (χ0) is 33.4. The number of carbonyl (C=O) groups excluding carboxylic acids is 1. The van der Waals surface area contributed by atoms with Crippen molar-refractivity contribution in [1.29, 1.82) is 0 Å². The van der Waals surface area contributed by atoms with E-state index in [1.807, 2.05) is 36.4 Å². The van der Waals surface area contributed by atoms with Crippen LogP contribution in [0.1, 0.15) is 74.7 Å². The molecule has 4 heteroatoms. The van der Waals surface area contributed by atoms with Gasteiger partial charge < -0.3 is 15.1 Å². The Morgan fingerprint density at radius 2 is 1.46 bits per heavy atom. The first-order valence-corrected chi connectivity index (χ1v) is 18.3. The molecule has 0 saturated heterocycles. The van der Waals surface area contributed by atoms with E-state index in [0.29, 0.717) is 13.0 Å². The van der Waals surface area contributed by atoms with Crippen LogP contribution in [0, 0.1) is 33.5 Å². The van der Waals surface area contributed by atoms with Gasteiger partial charge >= 0.3 is 0 Å². The second kappa shape index (κ2) is 11.4. The Morgan fingerprint density at radius 1 is 0.812 bits per heavy atom. The molecule has 250 valence electrons. The highest BCUT2D eigenvalue weighted by Gasteiger charge is 2.74. The van der Waals surface area contributed by atoms with Gasteiger partial charge in [0.25, 0.3) is 0 Å². The summed E-state index contributed by atoms with van der Waals surface area (Å²) in [5.41, 5.74) is 2.97. The molecule has 4 nitrogen and oxygen atoms in total. The number of rotatable bonds is 8. The first-order chi connectivity index (χ1) is 23.1. The highest BCUT2D eigenvalue weighted by atomic mass is 16.3. The lowest BCUT2D eigenvalue weighted by atomic mass is 9.32. The summed E-state index contributed by atoms with van der Waals surface area (Å²) in [5.74, 6) is 0.546. The van der Waals surface area contributed by atoms with Crippen LogP contribution in [0.3, 0.4) is 0 Å². The Bertz CT molecular complexity index is 1770. The van der Waals surface area contributed by atoms with Crippen molar-refractivity contribution >= 4 is 5.78 Å². The van der Waals surface area contributed by atoms with Gasteiger partial charge in [0, 0.05) is 40.5 Å². The summed E-state index contributed by atoms with van der Waals surface area (Å²) in [5, 5.41) is 23.9. The maximum absolute atomic E-state index is 15.3. The molecule has 2 bridgehead atoms. The molecule has 48 heavy (non-hydrogen) atoms. The summed E-state index contributed by atoms with van der Waals surface area (Å²) in [7, 11) is 2.15. The summed E-state index contributed by atoms with van der Waals surface area (Å²) in [6.45, 7) is 6.33. The maximum Gasteiger partial charge on any atom is 0.190 e. The third-order valence-corrected chi connectivity index (χ3v) is 14.4. The lowest BCUT2D eigenvalue weighted by molar-refractivity contribution is -0.175. The minimum atomic E-state index is -0.845. The number of carbonyl (C=O) groups is 1. The third kappa shape index (κ3) is 4.48. The molecule has 0 aromatic heterocycles.